The average molecular weight is 377 g/mol. The third-order valence-corrected chi connectivity index (χ3v) is 4.51. The van der Waals surface area contributed by atoms with E-state index in [1.807, 2.05) is 0 Å². The zero-order valence-corrected chi connectivity index (χ0v) is 15.5. The fraction of sp³-hybridized carbons (Fsp3) is 0.556. The second-order valence-corrected chi connectivity index (χ2v) is 7.68. The molecule has 1 aromatic rings. The Kier molecular flexibility index (Phi) is 5.05. The summed E-state index contributed by atoms with van der Waals surface area (Å²) in [6.07, 6.45) is 0.450. The molecular formula is C18H23N3O6. The van der Waals surface area contributed by atoms with Gasteiger partial charge in [-0.25, -0.2) is 4.79 Å². The van der Waals surface area contributed by atoms with E-state index in [1.54, 1.807) is 26.8 Å². The number of amides is 1. The van der Waals surface area contributed by atoms with Crippen LogP contribution in [0.5, 0.6) is 5.75 Å². The van der Waals surface area contributed by atoms with Gasteiger partial charge in [-0.3, -0.25) is 20.0 Å². The topological polar surface area (TPSA) is 114 Å². The molecule has 1 amide bonds. The minimum absolute atomic E-state index is 0.0539. The van der Waals surface area contributed by atoms with E-state index in [-0.39, 0.29) is 18.2 Å². The van der Waals surface area contributed by atoms with Crippen molar-refractivity contribution in [2.45, 2.75) is 50.9 Å². The zero-order chi connectivity index (χ0) is 19.8. The molecule has 9 nitrogen and oxygen atoms in total. The lowest BCUT2D eigenvalue weighted by Gasteiger charge is -2.31. The van der Waals surface area contributed by atoms with Crippen molar-refractivity contribution in [1.29, 1.82) is 0 Å². The van der Waals surface area contributed by atoms with E-state index in [2.05, 4.69) is 4.99 Å². The molecule has 3 rings (SSSR count). The maximum absolute atomic E-state index is 12.2. The Morgan fingerprint density at radius 3 is 2.89 bits per heavy atom. The summed E-state index contributed by atoms with van der Waals surface area (Å²) in [4.78, 5) is 28.3. The number of carbonyl (C=O) groups excluding carboxylic acids is 1. The van der Waals surface area contributed by atoms with Crippen LogP contribution in [0.15, 0.2) is 23.2 Å². The molecule has 0 saturated carbocycles. The fourth-order valence-electron chi connectivity index (χ4n) is 3.25. The van der Waals surface area contributed by atoms with Crippen molar-refractivity contribution in [2.24, 2.45) is 4.99 Å². The summed E-state index contributed by atoms with van der Waals surface area (Å²) in [5.41, 5.74) is -0.0872. The van der Waals surface area contributed by atoms with Crippen molar-refractivity contribution in [2.75, 3.05) is 13.2 Å². The first-order valence-corrected chi connectivity index (χ1v) is 8.78. The quantitative estimate of drug-likeness (QED) is 0.639. The Hall–Kier alpha value is -2.68. The first-order chi connectivity index (χ1) is 12.7. The maximum Gasteiger partial charge on any atom is 0.415 e. The van der Waals surface area contributed by atoms with Gasteiger partial charge in [0.15, 0.2) is 0 Å². The molecule has 0 bridgehead atoms. The van der Waals surface area contributed by atoms with Crippen LogP contribution in [0.1, 0.15) is 38.7 Å². The number of nitro groups is 1. The van der Waals surface area contributed by atoms with Gasteiger partial charge in [-0.1, -0.05) is 0 Å². The molecule has 0 spiro atoms. The van der Waals surface area contributed by atoms with E-state index in [4.69, 9.17) is 9.47 Å². The number of hydrogen-bond donors (Lipinski definition) is 1. The van der Waals surface area contributed by atoms with Gasteiger partial charge in [-0.2, -0.15) is 0 Å². The van der Waals surface area contributed by atoms with Crippen LogP contribution in [0.25, 0.3) is 0 Å². The lowest BCUT2D eigenvalue weighted by molar-refractivity contribution is -0.385. The van der Waals surface area contributed by atoms with Crippen LogP contribution < -0.4 is 4.74 Å². The van der Waals surface area contributed by atoms with Gasteiger partial charge in [-0.05, 0) is 33.3 Å². The van der Waals surface area contributed by atoms with Gasteiger partial charge in [0.05, 0.1) is 36.6 Å². The number of rotatable bonds is 3. The van der Waals surface area contributed by atoms with Gasteiger partial charge in [0.1, 0.15) is 11.4 Å². The molecule has 2 aliphatic heterocycles. The molecule has 1 aromatic carbocycles. The second-order valence-electron chi connectivity index (χ2n) is 7.68. The number of ether oxygens (including phenoxy) is 2. The lowest BCUT2D eigenvalue weighted by atomic mass is 9.85. The van der Waals surface area contributed by atoms with Crippen LogP contribution in [0.4, 0.5) is 10.5 Å². The predicted octanol–water partition coefficient (Wildman–Crippen LogP) is 2.47. The number of nitrogens with zero attached hydrogens (tertiary/aromatic N) is 3. The summed E-state index contributed by atoms with van der Waals surface area (Å²) >= 11 is 0. The molecule has 27 heavy (non-hydrogen) atoms. The molecule has 146 valence electrons. The van der Waals surface area contributed by atoms with Crippen molar-refractivity contribution in [3.05, 3.63) is 33.9 Å². The van der Waals surface area contributed by atoms with Crippen molar-refractivity contribution >= 4 is 18.1 Å². The monoisotopic (exact) mass is 377 g/mol. The molecule has 0 saturated heterocycles. The van der Waals surface area contributed by atoms with Crippen molar-refractivity contribution in [3.63, 3.8) is 0 Å². The molecule has 3 atom stereocenters. The highest BCUT2D eigenvalue weighted by Gasteiger charge is 2.38. The van der Waals surface area contributed by atoms with Gasteiger partial charge in [0.2, 0.25) is 0 Å². The minimum atomic E-state index is -0.904. The highest BCUT2D eigenvalue weighted by molar-refractivity contribution is 5.84. The second kappa shape index (κ2) is 7.15. The van der Waals surface area contributed by atoms with E-state index in [1.165, 1.54) is 23.4 Å². The largest absolute Gasteiger partial charge is 0.493 e. The lowest BCUT2D eigenvalue weighted by Crippen LogP contribution is -2.40. The predicted molar refractivity (Wildman–Crippen MR) is 97.2 cm³/mol. The number of non-ortho nitro benzene ring substituents is 1. The Morgan fingerprint density at radius 1 is 1.48 bits per heavy atom. The number of aliphatic imine (C=N–C) groups is 1. The average Bonchev–Trinajstić information content (AvgIpc) is 3.09. The van der Waals surface area contributed by atoms with Gasteiger partial charge in [0.25, 0.3) is 5.69 Å². The maximum atomic E-state index is 12.2. The van der Waals surface area contributed by atoms with E-state index in [9.17, 15) is 20.0 Å². The number of hydrogen-bond acceptors (Lipinski definition) is 7. The summed E-state index contributed by atoms with van der Waals surface area (Å²) in [5, 5.41) is 21.9. The van der Waals surface area contributed by atoms with Gasteiger partial charge < -0.3 is 14.6 Å². The normalized spacial score (nSPS) is 22.7. The minimum Gasteiger partial charge on any atom is -0.493 e. The van der Waals surface area contributed by atoms with Crippen molar-refractivity contribution < 1.29 is 24.3 Å². The molecule has 1 N–H and O–H groups in total. The van der Waals surface area contributed by atoms with Gasteiger partial charge in [-0.15, -0.1) is 0 Å². The molecule has 2 heterocycles. The first-order valence-electron chi connectivity index (χ1n) is 8.78. The van der Waals surface area contributed by atoms with Gasteiger partial charge >= 0.3 is 6.09 Å². The van der Waals surface area contributed by atoms with E-state index in [0.717, 1.165) is 0 Å². The summed E-state index contributed by atoms with van der Waals surface area (Å²) in [6.45, 7) is 5.92. The van der Waals surface area contributed by atoms with E-state index in [0.29, 0.717) is 24.3 Å². The van der Waals surface area contributed by atoms with Crippen LogP contribution in [-0.4, -0.2) is 58.3 Å². The zero-order valence-electron chi connectivity index (χ0n) is 15.5. The first kappa shape index (κ1) is 19.1. The molecule has 3 unspecified atom stereocenters. The molecule has 2 aliphatic rings. The molecule has 0 radical (unpaired) electrons. The van der Waals surface area contributed by atoms with Crippen LogP contribution in [0.3, 0.4) is 0 Å². The number of fused-ring (bicyclic) bond motifs is 1. The third-order valence-electron chi connectivity index (χ3n) is 4.51. The van der Waals surface area contributed by atoms with Crippen LogP contribution >= 0.6 is 0 Å². The third kappa shape index (κ3) is 4.19. The van der Waals surface area contributed by atoms with Crippen LogP contribution in [-0.2, 0) is 4.74 Å². The summed E-state index contributed by atoms with van der Waals surface area (Å²) in [6, 6.07) is 3.84. The highest BCUT2D eigenvalue weighted by atomic mass is 16.6. The Bertz CT molecular complexity index is 773. The smallest absolute Gasteiger partial charge is 0.415 e. The number of benzene rings is 1. The van der Waals surface area contributed by atoms with E-state index >= 15 is 0 Å². The van der Waals surface area contributed by atoms with Crippen molar-refractivity contribution in [1.82, 2.24) is 4.90 Å². The number of carbonyl (C=O) groups is 1. The fourth-order valence-corrected chi connectivity index (χ4v) is 3.25. The number of aliphatic hydroxyl groups is 1. The summed E-state index contributed by atoms with van der Waals surface area (Å²) in [5.74, 6) is 0.163. The number of aliphatic hydroxyl groups excluding tert-OH is 1. The summed E-state index contributed by atoms with van der Waals surface area (Å²) in [7, 11) is 0. The van der Waals surface area contributed by atoms with Crippen LogP contribution in [0.2, 0.25) is 0 Å². The Balaban J connectivity index is 1.74. The standard InChI is InChI=1S/C18H23N3O6/c1-18(2,3)27-17(23)20-9-14(19-10-20)16(22)12-6-7-26-15-5-4-11(21(24)25)8-13(12)15/h4-5,8,10,12,14,16,22H,6-7,9H2,1-3H3. The molecule has 0 fully saturated rings. The molecule has 9 heteroatoms. The van der Waals surface area contributed by atoms with E-state index < -0.39 is 28.8 Å². The SMILES string of the molecule is CC(C)(C)OC(=O)N1C=NC(C(O)C2CCOc3ccc([N+](=O)[O-])cc32)C1. The van der Waals surface area contributed by atoms with Crippen LogP contribution in [0, 0.1) is 10.1 Å². The highest BCUT2D eigenvalue weighted by Crippen LogP contribution is 2.39. The van der Waals surface area contributed by atoms with Gasteiger partial charge in [0, 0.05) is 23.6 Å². The molecule has 0 aliphatic carbocycles. The molecule has 0 aromatic heterocycles. The Morgan fingerprint density at radius 2 is 2.22 bits per heavy atom. The van der Waals surface area contributed by atoms with Crippen molar-refractivity contribution in [3.8, 4) is 5.75 Å². The Labute approximate surface area is 156 Å². The molecular weight excluding hydrogens is 354 g/mol. The number of nitro benzene ring substituents is 1. The summed E-state index contributed by atoms with van der Waals surface area (Å²) < 4.78 is 10.9.